The molecule has 0 aromatic rings. The largest absolute Gasteiger partial charge is 0.509 e. The van der Waals surface area contributed by atoms with E-state index >= 15 is 0 Å². The Balaban J connectivity index is 4.07. The van der Waals surface area contributed by atoms with Gasteiger partial charge in [0.15, 0.2) is 0 Å². The zero-order chi connectivity index (χ0) is 17.1. The minimum absolute atomic E-state index is 0.110. The van der Waals surface area contributed by atoms with Crippen molar-refractivity contribution in [2.45, 2.75) is 65.6 Å². The van der Waals surface area contributed by atoms with Gasteiger partial charge in [-0.2, -0.15) is 0 Å². The number of ether oxygens (including phenoxy) is 2. The Kier molecular flexibility index (Phi) is 10.3. The highest BCUT2D eigenvalue weighted by molar-refractivity contribution is 5.61. The van der Waals surface area contributed by atoms with Gasteiger partial charge in [0.05, 0.1) is 13.2 Å². The van der Waals surface area contributed by atoms with Crippen LogP contribution in [0.1, 0.15) is 54.4 Å². The summed E-state index contributed by atoms with van der Waals surface area (Å²) in [6.07, 6.45) is 0.892. The third kappa shape index (κ3) is 11.7. The lowest BCUT2D eigenvalue weighted by Crippen LogP contribution is -2.39. The summed E-state index contributed by atoms with van der Waals surface area (Å²) >= 11 is 0. The summed E-state index contributed by atoms with van der Waals surface area (Å²) in [5.41, 5.74) is -1.72. The van der Waals surface area contributed by atoms with Gasteiger partial charge >= 0.3 is 6.16 Å². The van der Waals surface area contributed by atoms with Crippen LogP contribution >= 0.6 is 0 Å². The second-order valence-electron chi connectivity index (χ2n) is 6.14. The summed E-state index contributed by atoms with van der Waals surface area (Å²) in [4.78, 5) is 31.6. The molecule has 0 amide bonds. The quantitative estimate of drug-likeness (QED) is 0.236. The van der Waals surface area contributed by atoms with Crippen molar-refractivity contribution >= 4 is 6.16 Å². The van der Waals surface area contributed by atoms with Crippen LogP contribution in [0.3, 0.4) is 0 Å². The molecule has 132 valence electrons. The first-order valence-corrected chi connectivity index (χ1v) is 7.63. The molecule has 0 saturated carbocycles. The molecule has 0 fully saturated rings. The number of carbonyl (C=O) groups is 1. The first-order chi connectivity index (χ1) is 10.2. The van der Waals surface area contributed by atoms with Crippen LogP contribution in [0, 0.1) is 0 Å². The molecule has 0 saturated heterocycles. The number of hydrogen-bond donors (Lipinski definition) is 0. The van der Waals surface area contributed by atoms with Crippen LogP contribution in [-0.2, 0) is 29.0 Å². The van der Waals surface area contributed by atoms with Crippen molar-refractivity contribution in [3.05, 3.63) is 0 Å². The van der Waals surface area contributed by atoms with Crippen LogP contribution in [0.2, 0.25) is 0 Å². The van der Waals surface area contributed by atoms with Crippen LogP contribution in [0.15, 0.2) is 0 Å². The smallest absolute Gasteiger partial charge is 0.426 e. The van der Waals surface area contributed by atoms with E-state index in [2.05, 4.69) is 0 Å². The Bertz CT molecular complexity index is 274. The monoisotopic (exact) mass is 322 g/mol. The summed E-state index contributed by atoms with van der Waals surface area (Å²) in [6.45, 7) is 12.0. The molecule has 0 aromatic heterocycles. The van der Waals surface area contributed by atoms with Gasteiger partial charge in [-0.1, -0.05) is 13.8 Å². The fraction of sp³-hybridized carbons (Fsp3) is 0.933. The molecule has 0 atom stereocenters. The fourth-order valence-electron chi connectivity index (χ4n) is 1.18. The van der Waals surface area contributed by atoms with E-state index in [0.29, 0.717) is 13.2 Å². The maximum Gasteiger partial charge on any atom is 0.509 e. The second kappa shape index (κ2) is 10.8. The maximum absolute atomic E-state index is 11.8. The van der Waals surface area contributed by atoms with Crippen LogP contribution in [-0.4, -0.2) is 43.8 Å². The van der Waals surface area contributed by atoms with Gasteiger partial charge in [0.1, 0.15) is 24.4 Å². The van der Waals surface area contributed by atoms with E-state index in [0.717, 1.165) is 12.8 Å². The molecule has 0 heterocycles. The highest BCUT2D eigenvalue weighted by atomic mass is 17.2. The van der Waals surface area contributed by atoms with E-state index in [1.54, 1.807) is 27.7 Å². The molecule has 0 spiro atoms. The van der Waals surface area contributed by atoms with Crippen molar-refractivity contribution in [3.63, 3.8) is 0 Å². The van der Waals surface area contributed by atoms with E-state index in [9.17, 15) is 4.79 Å². The third-order valence-electron chi connectivity index (χ3n) is 2.27. The Hall–Kier alpha value is -0.890. The van der Waals surface area contributed by atoms with Gasteiger partial charge in [-0.15, -0.1) is 0 Å². The SMILES string of the molecule is CCCOOCC(C)(C)OC(=O)OC(C)(C)COOCCC. The maximum atomic E-state index is 11.8. The molecule has 7 nitrogen and oxygen atoms in total. The molecule has 0 rings (SSSR count). The number of carbonyl (C=O) groups excluding carboxylic acids is 1. The van der Waals surface area contributed by atoms with Gasteiger partial charge in [-0.3, -0.25) is 0 Å². The molecule has 0 aliphatic rings. The molecule has 7 heteroatoms. The van der Waals surface area contributed by atoms with Crippen molar-refractivity contribution < 1.29 is 33.8 Å². The predicted octanol–water partition coefficient (Wildman–Crippen LogP) is 3.41. The summed E-state index contributed by atoms with van der Waals surface area (Å²) in [7, 11) is 0. The lowest BCUT2D eigenvalue weighted by atomic mass is 10.1. The first-order valence-electron chi connectivity index (χ1n) is 7.63. The second-order valence-corrected chi connectivity index (χ2v) is 6.14. The summed E-state index contributed by atoms with van der Waals surface area (Å²) in [5.74, 6) is 0. The van der Waals surface area contributed by atoms with Crippen molar-refractivity contribution in [1.82, 2.24) is 0 Å². The van der Waals surface area contributed by atoms with Gasteiger partial charge < -0.3 is 9.47 Å². The normalized spacial score (nSPS) is 12.3. The van der Waals surface area contributed by atoms with Crippen molar-refractivity contribution in [2.75, 3.05) is 26.4 Å². The van der Waals surface area contributed by atoms with Crippen LogP contribution in [0.5, 0.6) is 0 Å². The summed E-state index contributed by atoms with van der Waals surface area (Å²) in [5, 5.41) is 0. The zero-order valence-electron chi connectivity index (χ0n) is 14.6. The minimum atomic E-state index is -0.861. The predicted molar refractivity (Wildman–Crippen MR) is 80.1 cm³/mol. The molecule has 22 heavy (non-hydrogen) atoms. The lowest BCUT2D eigenvalue weighted by Gasteiger charge is -2.28. The van der Waals surface area contributed by atoms with Gasteiger partial charge in [-0.25, -0.2) is 24.3 Å². The molecule has 0 N–H and O–H groups in total. The van der Waals surface area contributed by atoms with Gasteiger partial charge in [0.25, 0.3) is 0 Å². The Labute approximate surface area is 133 Å². The first kappa shape index (κ1) is 21.1. The molecule has 0 radical (unpaired) electrons. The Morgan fingerprint density at radius 3 is 1.41 bits per heavy atom. The molecule has 0 bridgehead atoms. The summed E-state index contributed by atoms with van der Waals surface area (Å²) < 4.78 is 10.4. The van der Waals surface area contributed by atoms with Crippen LogP contribution in [0.4, 0.5) is 4.79 Å². The average Bonchev–Trinajstić information content (AvgIpc) is 2.38. The van der Waals surface area contributed by atoms with E-state index in [4.69, 9.17) is 29.0 Å². The van der Waals surface area contributed by atoms with Crippen LogP contribution in [0.25, 0.3) is 0 Å². The average molecular weight is 322 g/mol. The molecular weight excluding hydrogens is 292 g/mol. The summed E-state index contributed by atoms with van der Waals surface area (Å²) in [6, 6.07) is 0. The van der Waals surface area contributed by atoms with E-state index in [1.807, 2.05) is 13.8 Å². The molecule has 0 unspecified atom stereocenters. The minimum Gasteiger partial charge on any atom is -0.426 e. The van der Waals surface area contributed by atoms with Gasteiger partial charge in [0.2, 0.25) is 0 Å². The highest BCUT2D eigenvalue weighted by Crippen LogP contribution is 2.16. The van der Waals surface area contributed by atoms with E-state index in [1.165, 1.54) is 0 Å². The topological polar surface area (TPSA) is 72.5 Å². The molecule has 0 aliphatic heterocycles. The lowest BCUT2D eigenvalue weighted by molar-refractivity contribution is -0.318. The van der Waals surface area contributed by atoms with Crippen molar-refractivity contribution in [3.8, 4) is 0 Å². The fourth-order valence-corrected chi connectivity index (χ4v) is 1.18. The van der Waals surface area contributed by atoms with Gasteiger partial charge in [-0.05, 0) is 40.5 Å². The standard InChI is InChI=1S/C15H30O7/c1-7-9-17-19-11-14(3,4)21-13(16)22-15(5,6)12-20-18-10-8-2/h7-12H2,1-6H3. The van der Waals surface area contributed by atoms with E-state index < -0.39 is 17.4 Å². The Morgan fingerprint density at radius 2 is 1.09 bits per heavy atom. The molecule has 0 aromatic carbocycles. The number of rotatable bonds is 12. The van der Waals surface area contributed by atoms with Crippen molar-refractivity contribution in [1.29, 1.82) is 0 Å². The van der Waals surface area contributed by atoms with Crippen LogP contribution < -0.4 is 0 Å². The molecular formula is C15H30O7. The Morgan fingerprint density at radius 1 is 0.727 bits per heavy atom. The van der Waals surface area contributed by atoms with Crippen molar-refractivity contribution in [2.24, 2.45) is 0 Å². The number of hydrogen-bond acceptors (Lipinski definition) is 7. The zero-order valence-corrected chi connectivity index (χ0v) is 14.6. The van der Waals surface area contributed by atoms with E-state index in [-0.39, 0.29) is 13.2 Å². The third-order valence-corrected chi connectivity index (χ3v) is 2.27. The molecule has 0 aliphatic carbocycles. The van der Waals surface area contributed by atoms with Gasteiger partial charge in [0, 0.05) is 0 Å². The highest BCUT2D eigenvalue weighted by Gasteiger charge is 2.30.